The van der Waals surface area contributed by atoms with E-state index in [-0.39, 0.29) is 18.7 Å². The highest BCUT2D eigenvalue weighted by Crippen LogP contribution is 1.93. The molecule has 0 saturated heterocycles. The van der Waals surface area contributed by atoms with Gasteiger partial charge in [-0.1, -0.05) is 0 Å². The number of carboxylic acid groups (broad SMARTS) is 1. The van der Waals surface area contributed by atoms with E-state index in [0.717, 1.165) is 19.3 Å². The third kappa shape index (κ3) is 10.4. The van der Waals surface area contributed by atoms with Crippen LogP contribution in [0.15, 0.2) is 0 Å². The highest BCUT2D eigenvalue weighted by molar-refractivity contribution is 5.80. The molecule has 0 heterocycles. The quantitative estimate of drug-likeness (QED) is 0.490. The summed E-state index contributed by atoms with van der Waals surface area (Å²) >= 11 is 0. The molecule has 0 aliphatic heterocycles. The minimum absolute atomic E-state index is 0.0596. The van der Waals surface area contributed by atoms with Crippen LogP contribution in [-0.2, 0) is 9.59 Å². The second kappa shape index (κ2) is 9.07. The van der Waals surface area contributed by atoms with Crippen molar-refractivity contribution < 1.29 is 14.7 Å². The van der Waals surface area contributed by atoms with Gasteiger partial charge in [-0.05, 0) is 19.8 Å². The van der Waals surface area contributed by atoms with E-state index in [0.29, 0.717) is 6.54 Å². The zero-order valence-corrected chi connectivity index (χ0v) is 9.01. The third-order valence-corrected chi connectivity index (χ3v) is 1.79. The van der Waals surface area contributed by atoms with Gasteiger partial charge in [0, 0.05) is 19.4 Å². The second-order valence-electron chi connectivity index (χ2n) is 3.13. The van der Waals surface area contributed by atoms with Crippen molar-refractivity contribution in [3.63, 3.8) is 0 Å². The van der Waals surface area contributed by atoms with Crippen LogP contribution in [0.25, 0.3) is 0 Å². The Kier molecular flexibility index (Phi) is 8.16. The van der Waals surface area contributed by atoms with Crippen LogP contribution in [0.5, 0.6) is 0 Å². The number of carbonyl (C=O) groups excluding carboxylic acids is 1. The number of carbonyl (C=O) groups is 2. The summed E-state index contributed by atoms with van der Waals surface area (Å²) in [6.45, 7) is 2.40. The van der Waals surface area contributed by atoms with Crippen molar-refractivity contribution >= 4 is 11.9 Å². The molecule has 0 aliphatic carbocycles. The summed E-state index contributed by atoms with van der Waals surface area (Å²) in [5.74, 6) is 4.60. The first kappa shape index (κ1) is 13.5. The van der Waals surface area contributed by atoms with Gasteiger partial charge in [0.1, 0.15) is 0 Å². The molecule has 2 N–H and O–H groups in total. The first-order chi connectivity index (χ1) is 7.16. The molecule has 4 nitrogen and oxygen atoms in total. The molecular weight excluding hydrogens is 194 g/mol. The van der Waals surface area contributed by atoms with Gasteiger partial charge in [0.25, 0.3) is 0 Å². The van der Waals surface area contributed by atoms with Crippen molar-refractivity contribution in [3.8, 4) is 11.8 Å². The van der Waals surface area contributed by atoms with Crippen molar-refractivity contribution in [2.75, 3.05) is 6.54 Å². The van der Waals surface area contributed by atoms with E-state index in [1.165, 1.54) is 0 Å². The summed E-state index contributed by atoms with van der Waals surface area (Å²) in [4.78, 5) is 21.2. The maximum absolute atomic E-state index is 11.0. The van der Waals surface area contributed by atoms with Crippen molar-refractivity contribution in [2.45, 2.75) is 39.0 Å². The lowest BCUT2D eigenvalue weighted by molar-refractivity contribution is -0.138. The molecule has 0 bridgehead atoms. The van der Waals surface area contributed by atoms with E-state index >= 15 is 0 Å². The Morgan fingerprint density at radius 2 is 2.00 bits per heavy atom. The molecule has 0 atom stereocenters. The van der Waals surface area contributed by atoms with Crippen LogP contribution >= 0.6 is 0 Å². The summed E-state index contributed by atoms with van der Waals surface area (Å²) < 4.78 is 0. The monoisotopic (exact) mass is 211 g/mol. The van der Waals surface area contributed by atoms with E-state index < -0.39 is 5.97 Å². The van der Waals surface area contributed by atoms with Crippen LogP contribution in [0.3, 0.4) is 0 Å². The van der Waals surface area contributed by atoms with Gasteiger partial charge in [0.2, 0.25) is 5.91 Å². The molecule has 15 heavy (non-hydrogen) atoms. The average Bonchev–Trinajstić information content (AvgIpc) is 2.20. The highest BCUT2D eigenvalue weighted by Gasteiger charge is 2.03. The highest BCUT2D eigenvalue weighted by atomic mass is 16.4. The predicted molar refractivity (Wildman–Crippen MR) is 57.2 cm³/mol. The zero-order chi connectivity index (χ0) is 11.5. The van der Waals surface area contributed by atoms with Crippen LogP contribution in [0.2, 0.25) is 0 Å². The summed E-state index contributed by atoms with van der Waals surface area (Å²) in [6.07, 6.45) is 2.65. The van der Waals surface area contributed by atoms with Gasteiger partial charge in [0.15, 0.2) is 0 Å². The number of amides is 1. The molecular formula is C11H17NO3. The number of unbranched alkanes of at least 4 members (excludes halogenated alkanes) is 2. The number of carboxylic acids is 1. The Hall–Kier alpha value is -1.50. The Morgan fingerprint density at radius 1 is 1.27 bits per heavy atom. The molecule has 0 aromatic rings. The molecule has 0 radical (unpaired) electrons. The number of nitrogens with one attached hydrogen (secondary N) is 1. The summed E-state index contributed by atoms with van der Waals surface area (Å²) in [5.41, 5.74) is 0. The largest absolute Gasteiger partial charge is 0.481 e. The van der Waals surface area contributed by atoms with Gasteiger partial charge < -0.3 is 10.4 Å². The van der Waals surface area contributed by atoms with E-state index in [4.69, 9.17) is 5.11 Å². The molecule has 4 heteroatoms. The van der Waals surface area contributed by atoms with Gasteiger partial charge in [-0.2, -0.15) is 0 Å². The topological polar surface area (TPSA) is 66.4 Å². The molecule has 0 spiro atoms. The molecule has 0 unspecified atom stereocenters. The molecule has 0 rings (SSSR count). The van der Waals surface area contributed by atoms with E-state index in [1.54, 1.807) is 6.92 Å². The lowest BCUT2D eigenvalue weighted by Crippen LogP contribution is -2.24. The number of rotatable bonds is 7. The Morgan fingerprint density at radius 3 is 2.60 bits per heavy atom. The van der Waals surface area contributed by atoms with Crippen LogP contribution in [0.4, 0.5) is 0 Å². The minimum Gasteiger partial charge on any atom is -0.481 e. The maximum atomic E-state index is 11.0. The average molecular weight is 211 g/mol. The SMILES string of the molecule is CC#CCCCCNC(=O)CCC(=O)O. The lowest BCUT2D eigenvalue weighted by atomic mass is 10.2. The van der Waals surface area contributed by atoms with E-state index in [1.807, 2.05) is 0 Å². The van der Waals surface area contributed by atoms with Crippen LogP contribution < -0.4 is 5.32 Å². The van der Waals surface area contributed by atoms with E-state index in [9.17, 15) is 9.59 Å². The summed E-state index contributed by atoms with van der Waals surface area (Å²) in [7, 11) is 0. The summed E-state index contributed by atoms with van der Waals surface area (Å²) in [5, 5.41) is 11.0. The second-order valence-corrected chi connectivity index (χ2v) is 3.13. The van der Waals surface area contributed by atoms with Gasteiger partial charge in [-0.25, -0.2) is 0 Å². The fourth-order valence-corrected chi connectivity index (χ4v) is 1.00. The Balaban J connectivity index is 3.30. The van der Waals surface area contributed by atoms with Crippen molar-refractivity contribution in [1.29, 1.82) is 0 Å². The van der Waals surface area contributed by atoms with Crippen molar-refractivity contribution in [3.05, 3.63) is 0 Å². The number of hydrogen-bond donors (Lipinski definition) is 2. The van der Waals surface area contributed by atoms with Gasteiger partial charge in [-0.15, -0.1) is 11.8 Å². The van der Waals surface area contributed by atoms with Gasteiger partial charge in [0.05, 0.1) is 6.42 Å². The molecule has 1 amide bonds. The van der Waals surface area contributed by atoms with Crippen LogP contribution in [0.1, 0.15) is 39.0 Å². The minimum atomic E-state index is -0.941. The fourth-order valence-electron chi connectivity index (χ4n) is 1.00. The van der Waals surface area contributed by atoms with E-state index in [2.05, 4.69) is 17.2 Å². The predicted octanol–water partition coefficient (Wildman–Crippen LogP) is 1.16. The normalized spacial score (nSPS) is 8.87. The van der Waals surface area contributed by atoms with Gasteiger partial charge in [-0.3, -0.25) is 9.59 Å². The van der Waals surface area contributed by atoms with Crippen LogP contribution in [0, 0.1) is 11.8 Å². The Bertz CT molecular complexity index is 263. The van der Waals surface area contributed by atoms with Crippen molar-refractivity contribution in [2.24, 2.45) is 0 Å². The molecule has 0 saturated carbocycles. The Labute approximate surface area is 90.1 Å². The molecule has 0 aromatic carbocycles. The lowest BCUT2D eigenvalue weighted by Gasteiger charge is -2.02. The first-order valence-corrected chi connectivity index (χ1v) is 5.05. The molecule has 0 fully saturated rings. The fraction of sp³-hybridized carbons (Fsp3) is 0.636. The maximum Gasteiger partial charge on any atom is 0.303 e. The molecule has 0 aliphatic rings. The van der Waals surface area contributed by atoms with Crippen molar-refractivity contribution in [1.82, 2.24) is 5.32 Å². The zero-order valence-electron chi connectivity index (χ0n) is 9.01. The first-order valence-electron chi connectivity index (χ1n) is 5.05. The molecule has 0 aromatic heterocycles. The standard InChI is InChI=1S/C11H17NO3/c1-2-3-4-5-6-9-12-10(13)7-8-11(14)15/h4-9H2,1H3,(H,12,13)(H,14,15). The number of aliphatic carboxylic acids is 1. The molecule has 84 valence electrons. The summed E-state index contributed by atoms with van der Waals surface area (Å²) in [6, 6.07) is 0. The third-order valence-electron chi connectivity index (χ3n) is 1.79. The van der Waals surface area contributed by atoms with Gasteiger partial charge >= 0.3 is 5.97 Å². The van der Waals surface area contributed by atoms with Crippen LogP contribution in [-0.4, -0.2) is 23.5 Å². The smallest absolute Gasteiger partial charge is 0.303 e. The number of hydrogen-bond acceptors (Lipinski definition) is 2.